The average Bonchev–Trinajstić information content (AvgIpc) is 2.87. The average molecular weight is 483 g/mol. The molecule has 4 rings (SSSR count). The van der Waals surface area contributed by atoms with Crippen LogP contribution in [0.5, 0.6) is 11.5 Å². The number of benzene rings is 3. The van der Waals surface area contributed by atoms with Gasteiger partial charge in [0.25, 0.3) is 0 Å². The van der Waals surface area contributed by atoms with Crippen LogP contribution in [0, 0.1) is 0 Å². The summed E-state index contributed by atoms with van der Waals surface area (Å²) in [6, 6.07) is 21.4. The SMILES string of the molecule is CCOC(=O)Oc1cccc2c(SCC(COc3ccccc3)OC3CCCCO3)cccc12. The maximum atomic E-state index is 11.8. The smallest absolute Gasteiger partial charge is 0.491 e. The van der Waals surface area contributed by atoms with Gasteiger partial charge in [0.1, 0.15) is 24.2 Å². The summed E-state index contributed by atoms with van der Waals surface area (Å²) >= 11 is 1.69. The molecular weight excluding hydrogens is 452 g/mol. The highest BCUT2D eigenvalue weighted by atomic mass is 32.2. The molecule has 1 saturated heterocycles. The Hall–Kier alpha value is -2.74. The Morgan fingerprint density at radius 3 is 2.65 bits per heavy atom. The normalized spacial score (nSPS) is 16.7. The first-order chi connectivity index (χ1) is 16.7. The van der Waals surface area contributed by atoms with Crippen molar-refractivity contribution in [3.63, 3.8) is 0 Å². The first-order valence-electron chi connectivity index (χ1n) is 11.7. The standard InChI is InChI=1S/C27H30O6S/c1-2-29-27(28)33-24-14-8-13-23-22(24)12-9-15-25(23)34-19-21(32-26-16-6-7-17-30-26)18-31-20-10-4-3-5-11-20/h3-5,8-15,21,26H,2,6-7,16-19H2,1H3. The molecule has 0 bridgehead atoms. The number of ether oxygens (including phenoxy) is 5. The number of carbonyl (C=O) groups excluding carboxylic acids is 1. The topological polar surface area (TPSA) is 63.2 Å². The van der Waals surface area contributed by atoms with Gasteiger partial charge in [-0.3, -0.25) is 0 Å². The lowest BCUT2D eigenvalue weighted by atomic mass is 10.1. The minimum absolute atomic E-state index is 0.150. The largest absolute Gasteiger partial charge is 0.513 e. The second-order valence-corrected chi connectivity index (χ2v) is 8.94. The molecule has 34 heavy (non-hydrogen) atoms. The maximum absolute atomic E-state index is 11.8. The Balaban J connectivity index is 1.46. The van der Waals surface area contributed by atoms with Crippen molar-refractivity contribution in [2.24, 2.45) is 0 Å². The molecule has 180 valence electrons. The van der Waals surface area contributed by atoms with Crippen molar-refractivity contribution in [2.75, 3.05) is 25.6 Å². The molecule has 1 aliphatic heterocycles. The van der Waals surface area contributed by atoms with E-state index in [2.05, 4.69) is 6.07 Å². The van der Waals surface area contributed by atoms with E-state index in [1.807, 2.05) is 54.6 Å². The molecule has 0 spiro atoms. The van der Waals surface area contributed by atoms with Gasteiger partial charge in [0, 0.05) is 22.6 Å². The van der Waals surface area contributed by atoms with Crippen molar-refractivity contribution in [3.8, 4) is 11.5 Å². The molecule has 2 unspecified atom stereocenters. The molecule has 0 saturated carbocycles. The number of thioether (sulfide) groups is 1. The molecule has 0 radical (unpaired) electrons. The number of hydrogen-bond donors (Lipinski definition) is 0. The van der Waals surface area contributed by atoms with Gasteiger partial charge in [0.2, 0.25) is 0 Å². The zero-order valence-corrected chi connectivity index (χ0v) is 20.1. The van der Waals surface area contributed by atoms with E-state index >= 15 is 0 Å². The minimum Gasteiger partial charge on any atom is -0.491 e. The van der Waals surface area contributed by atoms with Crippen LogP contribution in [-0.2, 0) is 14.2 Å². The summed E-state index contributed by atoms with van der Waals surface area (Å²) in [6.45, 7) is 3.18. The van der Waals surface area contributed by atoms with Crippen molar-refractivity contribution in [1.82, 2.24) is 0 Å². The highest BCUT2D eigenvalue weighted by Crippen LogP contribution is 2.34. The number of para-hydroxylation sites is 1. The molecule has 7 heteroatoms. The Labute approximate surface area is 204 Å². The zero-order valence-electron chi connectivity index (χ0n) is 19.3. The summed E-state index contributed by atoms with van der Waals surface area (Å²) < 4.78 is 28.4. The summed E-state index contributed by atoms with van der Waals surface area (Å²) in [5.74, 6) is 1.99. The summed E-state index contributed by atoms with van der Waals surface area (Å²) in [4.78, 5) is 12.9. The predicted octanol–water partition coefficient (Wildman–Crippen LogP) is 6.46. The lowest BCUT2D eigenvalue weighted by Crippen LogP contribution is -2.33. The van der Waals surface area contributed by atoms with Crippen molar-refractivity contribution >= 4 is 28.7 Å². The third-order valence-corrected chi connectivity index (χ3v) is 6.59. The second kappa shape index (κ2) is 12.6. The van der Waals surface area contributed by atoms with Crippen LogP contribution in [-0.4, -0.2) is 44.1 Å². The lowest BCUT2D eigenvalue weighted by Gasteiger charge is -2.27. The van der Waals surface area contributed by atoms with Gasteiger partial charge in [-0.2, -0.15) is 0 Å². The van der Waals surface area contributed by atoms with Gasteiger partial charge in [-0.15, -0.1) is 11.8 Å². The van der Waals surface area contributed by atoms with Crippen molar-refractivity contribution in [3.05, 3.63) is 66.7 Å². The molecule has 1 aliphatic rings. The van der Waals surface area contributed by atoms with E-state index in [4.69, 9.17) is 23.7 Å². The van der Waals surface area contributed by atoms with Crippen LogP contribution in [0.15, 0.2) is 71.6 Å². The highest BCUT2D eigenvalue weighted by Gasteiger charge is 2.21. The van der Waals surface area contributed by atoms with Crippen LogP contribution in [0.1, 0.15) is 26.2 Å². The van der Waals surface area contributed by atoms with Gasteiger partial charge in [-0.1, -0.05) is 42.5 Å². The van der Waals surface area contributed by atoms with Gasteiger partial charge in [-0.05, 0) is 55.8 Å². The fourth-order valence-corrected chi connectivity index (χ4v) is 4.80. The molecule has 0 aromatic heterocycles. The van der Waals surface area contributed by atoms with Crippen molar-refractivity contribution in [2.45, 2.75) is 43.5 Å². The molecular formula is C27H30O6S. The van der Waals surface area contributed by atoms with Gasteiger partial charge < -0.3 is 23.7 Å². The monoisotopic (exact) mass is 482 g/mol. The Kier molecular flexibility index (Phi) is 9.07. The van der Waals surface area contributed by atoms with Crippen LogP contribution < -0.4 is 9.47 Å². The van der Waals surface area contributed by atoms with E-state index in [9.17, 15) is 4.79 Å². The third-order valence-electron chi connectivity index (χ3n) is 5.38. The highest BCUT2D eigenvalue weighted by molar-refractivity contribution is 7.99. The summed E-state index contributed by atoms with van der Waals surface area (Å²) in [5, 5.41) is 1.86. The van der Waals surface area contributed by atoms with Crippen LogP contribution in [0.3, 0.4) is 0 Å². The van der Waals surface area contributed by atoms with Gasteiger partial charge in [-0.25, -0.2) is 4.79 Å². The number of fused-ring (bicyclic) bond motifs is 1. The fourth-order valence-electron chi connectivity index (χ4n) is 3.75. The fraction of sp³-hybridized carbons (Fsp3) is 0.370. The van der Waals surface area contributed by atoms with E-state index in [1.54, 1.807) is 24.8 Å². The van der Waals surface area contributed by atoms with Crippen LogP contribution >= 0.6 is 11.8 Å². The van der Waals surface area contributed by atoms with E-state index in [0.29, 0.717) is 18.1 Å². The van der Waals surface area contributed by atoms with Crippen LogP contribution in [0.4, 0.5) is 4.79 Å². The van der Waals surface area contributed by atoms with Crippen molar-refractivity contribution in [1.29, 1.82) is 0 Å². The van der Waals surface area contributed by atoms with Gasteiger partial charge in [0.05, 0.1) is 6.61 Å². The van der Waals surface area contributed by atoms with Gasteiger partial charge >= 0.3 is 6.16 Å². The molecule has 6 nitrogen and oxygen atoms in total. The molecule has 1 fully saturated rings. The molecule has 2 atom stereocenters. The lowest BCUT2D eigenvalue weighted by molar-refractivity contribution is -0.187. The quantitative estimate of drug-likeness (QED) is 0.187. The first kappa shape index (κ1) is 24.4. The molecule has 0 N–H and O–H groups in total. The predicted molar refractivity (Wildman–Crippen MR) is 133 cm³/mol. The van der Waals surface area contributed by atoms with E-state index in [0.717, 1.165) is 47.3 Å². The number of carbonyl (C=O) groups is 1. The Morgan fingerprint density at radius 1 is 1.03 bits per heavy atom. The third kappa shape index (κ3) is 6.88. The first-order valence-corrected chi connectivity index (χ1v) is 12.7. The second-order valence-electron chi connectivity index (χ2n) is 7.88. The number of rotatable bonds is 10. The maximum Gasteiger partial charge on any atom is 0.513 e. The minimum atomic E-state index is -0.702. The van der Waals surface area contributed by atoms with Crippen LogP contribution in [0.2, 0.25) is 0 Å². The summed E-state index contributed by atoms with van der Waals surface area (Å²) in [5.41, 5.74) is 0. The van der Waals surface area contributed by atoms with E-state index in [-0.39, 0.29) is 19.0 Å². The molecule has 0 amide bonds. The zero-order chi connectivity index (χ0) is 23.6. The van der Waals surface area contributed by atoms with E-state index < -0.39 is 6.16 Å². The molecule has 3 aromatic rings. The van der Waals surface area contributed by atoms with E-state index in [1.165, 1.54) is 0 Å². The molecule has 1 heterocycles. The Morgan fingerprint density at radius 2 is 1.85 bits per heavy atom. The van der Waals surface area contributed by atoms with Crippen molar-refractivity contribution < 1.29 is 28.5 Å². The van der Waals surface area contributed by atoms with Crippen LogP contribution in [0.25, 0.3) is 10.8 Å². The molecule has 3 aromatic carbocycles. The summed E-state index contributed by atoms with van der Waals surface area (Å²) in [6.07, 6.45) is 2.03. The summed E-state index contributed by atoms with van der Waals surface area (Å²) in [7, 11) is 0. The number of hydrogen-bond acceptors (Lipinski definition) is 7. The molecule has 0 aliphatic carbocycles. The Bertz CT molecular complexity index is 1050. The van der Waals surface area contributed by atoms with Gasteiger partial charge in [0.15, 0.2) is 6.29 Å².